The summed E-state index contributed by atoms with van der Waals surface area (Å²) in [6.45, 7) is 2.57. The number of aliphatic hydroxyl groups is 1. The lowest BCUT2D eigenvalue weighted by molar-refractivity contribution is 0.255. The number of nitrogens with one attached hydrogen (secondary N) is 2. The van der Waals surface area contributed by atoms with Gasteiger partial charge in [-0.2, -0.15) is 0 Å². The second-order valence-corrected chi connectivity index (χ2v) is 4.20. The van der Waals surface area contributed by atoms with Crippen LogP contribution in [0.3, 0.4) is 0 Å². The van der Waals surface area contributed by atoms with E-state index >= 15 is 0 Å². The van der Waals surface area contributed by atoms with Crippen molar-refractivity contribution in [3.63, 3.8) is 0 Å². The Morgan fingerprint density at radius 2 is 2.33 bits per heavy atom. The average molecular weight is 249 g/mol. The number of rotatable bonds is 6. The van der Waals surface area contributed by atoms with Gasteiger partial charge in [-0.25, -0.2) is 4.98 Å². The molecule has 1 heterocycles. The second kappa shape index (κ2) is 6.70. The van der Waals surface area contributed by atoms with Crippen molar-refractivity contribution in [2.24, 2.45) is 5.92 Å². The van der Waals surface area contributed by atoms with E-state index in [-0.39, 0.29) is 18.4 Å². The van der Waals surface area contributed by atoms with Crippen LogP contribution < -0.4 is 5.73 Å². The number of amidine groups is 1. The summed E-state index contributed by atoms with van der Waals surface area (Å²) >= 11 is 0. The Balaban J connectivity index is 2.76. The van der Waals surface area contributed by atoms with Crippen LogP contribution in [0.2, 0.25) is 0 Å². The Morgan fingerprint density at radius 1 is 1.61 bits per heavy atom. The minimum absolute atomic E-state index is 0.108. The third-order valence-electron chi connectivity index (χ3n) is 2.59. The second-order valence-electron chi connectivity index (χ2n) is 4.20. The average Bonchev–Trinajstić information content (AvgIpc) is 2.35. The van der Waals surface area contributed by atoms with E-state index in [0.29, 0.717) is 24.5 Å². The molecule has 0 aliphatic heterocycles. The quantitative estimate of drug-likeness (QED) is 0.443. The summed E-state index contributed by atoms with van der Waals surface area (Å²) in [6, 6.07) is 5.07. The largest absolute Gasteiger partial charge is 0.396 e. The summed E-state index contributed by atoms with van der Waals surface area (Å²) in [6.07, 6.45) is 1.74. The molecular formula is C12H19N5O. The molecule has 1 rings (SSSR count). The molecule has 5 N–H and O–H groups in total. The Labute approximate surface area is 106 Å². The molecule has 1 aromatic rings. The molecule has 0 bridgehead atoms. The van der Waals surface area contributed by atoms with E-state index in [4.69, 9.17) is 21.7 Å². The zero-order valence-electron chi connectivity index (χ0n) is 10.4. The molecule has 6 nitrogen and oxygen atoms in total. The molecule has 0 aliphatic rings. The molecule has 1 unspecified atom stereocenters. The number of aromatic nitrogens is 1. The van der Waals surface area contributed by atoms with Crippen LogP contribution in [0.25, 0.3) is 0 Å². The highest BCUT2D eigenvalue weighted by Crippen LogP contribution is 2.08. The summed E-state index contributed by atoms with van der Waals surface area (Å²) in [7, 11) is 0. The smallest absolute Gasteiger partial charge is 0.152 e. The van der Waals surface area contributed by atoms with Crippen molar-refractivity contribution < 1.29 is 5.11 Å². The van der Waals surface area contributed by atoms with Crippen molar-refractivity contribution in [2.75, 3.05) is 18.9 Å². The number of nitrogens with two attached hydrogens (primary N) is 1. The van der Waals surface area contributed by atoms with Gasteiger partial charge in [-0.05, 0) is 24.5 Å². The number of anilines is 1. The Bertz CT molecular complexity index is 421. The van der Waals surface area contributed by atoms with Crippen LogP contribution in [-0.2, 0) is 0 Å². The molecule has 0 aliphatic carbocycles. The van der Waals surface area contributed by atoms with Crippen LogP contribution in [0.4, 0.5) is 5.82 Å². The molecule has 1 atom stereocenters. The van der Waals surface area contributed by atoms with E-state index in [1.165, 1.54) is 4.90 Å². The van der Waals surface area contributed by atoms with Crippen molar-refractivity contribution >= 4 is 18.0 Å². The normalized spacial score (nSPS) is 11.9. The van der Waals surface area contributed by atoms with E-state index in [0.717, 1.165) is 6.34 Å². The lowest BCUT2D eigenvalue weighted by atomic mass is 10.1. The SMILES string of the molecule is CC(CCO)CN(C=N)C(=N)c1cccc(N)n1. The zero-order valence-corrected chi connectivity index (χ0v) is 10.4. The van der Waals surface area contributed by atoms with Crippen LogP contribution in [-0.4, -0.2) is 40.3 Å². The fourth-order valence-corrected chi connectivity index (χ4v) is 1.59. The predicted octanol–water partition coefficient (Wildman–Crippen LogP) is 0.917. The molecule has 0 spiro atoms. The number of nitrogen functional groups attached to an aromatic ring is 1. The van der Waals surface area contributed by atoms with Crippen molar-refractivity contribution in [3.05, 3.63) is 23.9 Å². The van der Waals surface area contributed by atoms with Gasteiger partial charge in [-0.15, -0.1) is 0 Å². The molecule has 1 aromatic heterocycles. The predicted molar refractivity (Wildman–Crippen MR) is 71.8 cm³/mol. The monoisotopic (exact) mass is 249 g/mol. The highest BCUT2D eigenvalue weighted by atomic mass is 16.3. The Hall–Kier alpha value is -1.95. The first-order chi connectivity index (χ1) is 8.58. The summed E-state index contributed by atoms with van der Waals surface area (Å²) in [5.41, 5.74) is 6.01. The molecule has 0 amide bonds. The van der Waals surface area contributed by atoms with Gasteiger partial charge in [0.05, 0.1) is 6.34 Å². The first-order valence-corrected chi connectivity index (χ1v) is 5.78. The minimum atomic E-state index is 0.108. The molecule has 0 fully saturated rings. The molecule has 18 heavy (non-hydrogen) atoms. The van der Waals surface area contributed by atoms with Crippen molar-refractivity contribution in [2.45, 2.75) is 13.3 Å². The summed E-state index contributed by atoms with van der Waals surface area (Å²) in [5.74, 6) is 0.686. The fourth-order valence-electron chi connectivity index (χ4n) is 1.59. The lowest BCUT2D eigenvalue weighted by Crippen LogP contribution is -2.34. The van der Waals surface area contributed by atoms with Gasteiger partial charge < -0.3 is 15.7 Å². The van der Waals surface area contributed by atoms with Gasteiger partial charge in [0.2, 0.25) is 0 Å². The number of hydrogen-bond donors (Lipinski definition) is 4. The van der Waals surface area contributed by atoms with E-state index in [1.807, 2.05) is 6.92 Å². The molecular weight excluding hydrogens is 230 g/mol. The van der Waals surface area contributed by atoms with Crippen molar-refractivity contribution in [1.29, 1.82) is 10.8 Å². The Morgan fingerprint density at radius 3 is 2.89 bits per heavy atom. The third-order valence-corrected chi connectivity index (χ3v) is 2.59. The first kappa shape index (κ1) is 14.1. The van der Waals surface area contributed by atoms with E-state index < -0.39 is 0 Å². The van der Waals surface area contributed by atoms with Gasteiger partial charge in [0.15, 0.2) is 5.84 Å². The van der Waals surface area contributed by atoms with Crippen molar-refractivity contribution in [3.8, 4) is 0 Å². The van der Waals surface area contributed by atoms with Gasteiger partial charge in [-0.3, -0.25) is 10.8 Å². The molecule has 0 aromatic carbocycles. The highest BCUT2D eigenvalue weighted by molar-refractivity contribution is 6.00. The van der Waals surface area contributed by atoms with Gasteiger partial charge in [0, 0.05) is 13.2 Å². The van der Waals surface area contributed by atoms with E-state index in [1.54, 1.807) is 18.2 Å². The Kier molecular flexibility index (Phi) is 5.26. The standard InChI is InChI=1S/C12H19N5O/c1-9(5-6-18)7-17(8-13)12(15)10-3-2-4-11(14)16-10/h2-4,8-9,13,15,18H,5-7H2,1H3,(H2,14,16). The maximum absolute atomic E-state index is 8.86. The summed E-state index contributed by atoms with van der Waals surface area (Å²) in [4.78, 5) is 5.54. The van der Waals surface area contributed by atoms with Crippen LogP contribution in [0.1, 0.15) is 19.0 Å². The molecule has 0 saturated carbocycles. The lowest BCUT2D eigenvalue weighted by Gasteiger charge is -2.22. The van der Waals surface area contributed by atoms with Crippen molar-refractivity contribution in [1.82, 2.24) is 9.88 Å². The van der Waals surface area contributed by atoms with Gasteiger partial charge in [-0.1, -0.05) is 13.0 Å². The summed E-state index contributed by atoms with van der Waals surface area (Å²) in [5, 5.41) is 24.2. The minimum Gasteiger partial charge on any atom is -0.396 e. The first-order valence-electron chi connectivity index (χ1n) is 5.78. The van der Waals surface area contributed by atoms with E-state index in [2.05, 4.69) is 4.98 Å². The topological polar surface area (TPSA) is 110 Å². The molecule has 0 saturated heterocycles. The fraction of sp³-hybridized carbons (Fsp3) is 0.417. The van der Waals surface area contributed by atoms with Crippen LogP contribution in [0, 0.1) is 16.7 Å². The summed E-state index contributed by atoms with van der Waals surface area (Å²) < 4.78 is 0. The number of aliphatic hydroxyl groups excluding tert-OH is 1. The number of hydrogen-bond acceptors (Lipinski definition) is 5. The molecule has 98 valence electrons. The number of nitrogens with zero attached hydrogens (tertiary/aromatic N) is 2. The maximum atomic E-state index is 8.86. The number of pyridine rings is 1. The van der Waals surface area contributed by atoms with E-state index in [9.17, 15) is 0 Å². The van der Waals surface area contributed by atoms with Gasteiger partial charge >= 0.3 is 0 Å². The highest BCUT2D eigenvalue weighted by Gasteiger charge is 2.14. The van der Waals surface area contributed by atoms with Crippen LogP contribution in [0.5, 0.6) is 0 Å². The van der Waals surface area contributed by atoms with Gasteiger partial charge in [0.25, 0.3) is 0 Å². The zero-order chi connectivity index (χ0) is 13.5. The molecule has 0 radical (unpaired) electrons. The van der Waals surface area contributed by atoms with Crippen LogP contribution in [0.15, 0.2) is 18.2 Å². The maximum Gasteiger partial charge on any atom is 0.152 e. The molecule has 6 heteroatoms. The third kappa shape index (κ3) is 3.81. The van der Waals surface area contributed by atoms with Gasteiger partial charge in [0.1, 0.15) is 11.5 Å². The van der Waals surface area contributed by atoms with Crippen LogP contribution >= 0.6 is 0 Å².